The topological polar surface area (TPSA) is 33.7 Å². The minimum Gasteiger partial charge on any atom is -0.381 e. The second kappa shape index (κ2) is 6.53. The summed E-state index contributed by atoms with van der Waals surface area (Å²) in [7, 11) is 0. The molecule has 0 aromatic carbocycles. The molecule has 4 heteroatoms. The second-order valence-electron chi connectivity index (χ2n) is 6.67. The normalized spacial score (nSPS) is 36.3. The molecule has 3 atom stereocenters. The van der Waals surface area contributed by atoms with Crippen molar-refractivity contribution in [2.75, 3.05) is 39.4 Å². The van der Waals surface area contributed by atoms with Gasteiger partial charge >= 0.3 is 0 Å². The first kappa shape index (κ1) is 15.2. The standard InChI is InChI=1S/C15H30N2O2/c1-5-16-14-6-7-18-10-13(14)9-17-8-12(2)19-15(3,4)11-17/h12-14,16H,5-11H2,1-4H3. The van der Waals surface area contributed by atoms with Crippen LogP contribution in [0.15, 0.2) is 0 Å². The molecule has 3 unspecified atom stereocenters. The molecule has 2 fully saturated rings. The third kappa shape index (κ3) is 4.42. The van der Waals surface area contributed by atoms with E-state index in [1.165, 1.54) is 0 Å². The number of nitrogens with one attached hydrogen (secondary N) is 1. The predicted octanol–water partition coefficient (Wildman–Crippen LogP) is 1.50. The maximum absolute atomic E-state index is 5.98. The highest BCUT2D eigenvalue weighted by Gasteiger charge is 2.34. The summed E-state index contributed by atoms with van der Waals surface area (Å²) in [6.45, 7) is 14.8. The van der Waals surface area contributed by atoms with E-state index in [2.05, 4.69) is 37.9 Å². The van der Waals surface area contributed by atoms with Crippen LogP contribution in [-0.4, -0.2) is 62.0 Å². The number of rotatable bonds is 4. The molecule has 0 spiro atoms. The Kier molecular flexibility index (Phi) is 5.23. The molecule has 0 radical (unpaired) electrons. The van der Waals surface area contributed by atoms with Crippen LogP contribution < -0.4 is 5.32 Å². The highest BCUT2D eigenvalue weighted by atomic mass is 16.5. The second-order valence-corrected chi connectivity index (χ2v) is 6.67. The minimum atomic E-state index is -0.0269. The monoisotopic (exact) mass is 270 g/mol. The Hall–Kier alpha value is -0.160. The molecule has 0 bridgehead atoms. The van der Waals surface area contributed by atoms with Gasteiger partial charge in [0.15, 0.2) is 0 Å². The van der Waals surface area contributed by atoms with Crippen LogP contribution in [0.4, 0.5) is 0 Å². The van der Waals surface area contributed by atoms with Gasteiger partial charge in [0, 0.05) is 38.2 Å². The summed E-state index contributed by atoms with van der Waals surface area (Å²) in [6, 6.07) is 0.611. The molecule has 0 aromatic rings. The molecular weight excluding hydrogens is 240 g/mol. The Morgan fingerprint density at radius 3 is 2.84 bits per heavy atom. The fourth-order valence-corrected chi connectivity index (χ4v) is 3.56. The van der Waals surface area contributed by atoms with Gasteiger partial charge in [0.2, 0.25) is 0 Å². The van der Waals surface area contributed by atoms with Crippen LogP contribution in [0.5, 0.6) is 0 Å². The van der Waals surface area contributed by atoms with E-state index in [-0.39, 0.29) is 5.60 Å². The molecule has 2 saturated heterocycles. The van der Waals surface area contributed by atoms with E-state index in [4.69, 9.17) is 9.47 Å². The first-order chi connectivity index (χ1) is 9.00. The Bertz CT molecular complexity index is 281. The van der Waals surface area contributed by atoms with Gasteiger partial charge in [0.25, 0.3) is 0 Å². The zero-order chi connectivity index (χ0) is 13.9. The van der Waals surface area contributed by atoms with Crippen LogP contribution in [0.1, 0.15) is 34.1 Å². The van der Waals surface area contributed by atoms with Gasteiger partial charge in [-0.2, -0.15) is 0 Å². The molecule has 2 heterocycles. The van der Waals surface area contributed by atoms with Crippen LogP contribution in [-0.2, 0) is 9.47 Å². The van der Waals surface area contributed by atoms with E-state index in [1.807, 2.05) is 0 Å². The van der Waals surface area contributed by atoms with Gasteiger partial charge in [-0.1, -0.05) is 6.92 Å². The molecule has 0 amide bonds. The van der Waals surface area contributed by atoms with Crippen LogP contribution in [0.25, 0.3) is 0 Å². The van der Waals surface area contributed by atoms with Crippen molar-refractivity contribution in [2.24, 2.45) is 5.92 Å². The lowest BCUT2D eigenvalue weighted by Gasteiger charge is -2.44. The lowest BCUT2D eigenvalue weighted by Crippen LogP contribution is -2.55. The van der Waals surface area contributed by atoms with E-state index in [1.54, 1.807) is 0 Å². The molecule has 0 aliphatic carbocycles. The van der Waals surface area contributed by atoms with Crippen molar-refractivity contribution in [1.82, 2.24) is 10.2 Å². The van der Waals surface area contributed by atoms with Crippen LogP contribution in [0.3, 0.4) is 0 Å². The maximum atomic E-state index is 5.98. The van der Waals surface area contributed by atoms with Crippen molar-refractivity contribution < 1.29 is 9.47 Å². The number of nitrogens with zero attached hydrogens (tertiary/aromatic N) is 1. The largest absolute Gasteiger partial charge is 0.381 e. The SMILES string of the molecule is CCNC1CCOCC1CN1CC(C)OC(C)(C)C1. The summed E-state index contributed by atoms with van der Waals surface area (Å²) >= 11 is 0. The molecule has 2 aliphatic rings. The summed E-state index contributed by atoms with van der Waals surface area (Å²) in [5.41, 5.74) is -0.0269. The molecule has 112 valence electrons. The smallest absolute Gasteiger partial charge is 0.0757 e. The molecule has 2 aliphatic heterocycles. The molecule has 1 N–H and O–H groups in total. The van der Waals surface area contributed by atoms with E-state index < -0.39 is 0 Å². The fourth-order valence-electron chi connectivity index (χ4n) is 3.56. The first-order valence-corrected chi connectivity index (χ1v) is 7.71. The van der Waals surface area contributed by atoms with Gasteiger partial charge in [-0.05, 0) is 33.7 Å². The number of morpholine rings is 1. The van der Waals surface area contributed by atoms with Gasteiger partial charge in [-0.25, -0.2) is 0 Å². The highest BCUT2D eigenvalue weighted by molar-refractivity contribution is 4.87. The Morgan fingerprint density at radius 1 is 1.37 bits per heavy atom. The third-order valence-corrected chi connectivity index (χ3v) is 4.07. The minimum absolute atomic E-state index is 0.0269. The van der Waals surface area contributed by atoms with Crippen molar-refractivity contribution in [3.8, 4) is 0 Å². The number of hydrogen-bond donors (Lipinski definition) is 1. The summed E-state index contributed by atoms with van der Waals surface area (Å²) in [5.74, 6) is 0.606. The molecule has 0 aromatic heterocycles. The molecular formula is C15H30N2O2. The van der Waals surface area contributed by atoms with Gasteiger partial charge in [-0.3, -0.25) is 4.90 Å². The first-order valence-electron chi connectivity index (χ1n) is 7.71. The van der Waals surface area contributed by atoms with Gasteiger partial charge in [0.05, 0.1) is 18.3 Å². The molecule has 2 rings (SSSR count). The third-order valence-electron chi connectivity index (χ3n) is 4.07. The molecule has 0 saturated carbocycles. The fraction of sp³-hybridized carbons (Fsp3) is 1.00. The van der Waals surface area contributed by atoms with Crippen molar-refractivity contribution in [2.45, 2.75) is 51.9 Å². The maximum Gasteiger partial charge on any atom is 0.0757 e. The molecule has 4 nitrogen and oxygen atoms in total. The average molecular weight is 270 g/mol. The van der Waals surface area contributed by atoms with Crippen LogP contribution >= 0.6 is 0 Å². The molecule has 19 heavy (non-hydrogen) atoms. The zero-order valence-electron chi connectivity index (χ0n) is 12.9. The Labute approximate surface area is 117 Å². The summed E-state index contributed by atoms with van der Waals surface area (Å²) in [4.78, 5) is 2.55. The van der Waals surface area contributed by atoms with E-state index in [0.717, 1.165) is 45.8 Å². The van der Waals surface area contributed by atoms with Crippen LogP contribution in [0, 0.1) is 5.92 Å². The van der Waals surface area contributed by atoms with E-state index >= 15 is 0 Å². The van der Waals surface area contributed by atoms with Crippen molar-refractivity contribution in [1.29, 1.82) is 0 Å². The highest BCUT2D eigenvalue weighted by Crippen LogP contribution is 2.23. The van der Waals surface area contributed by atoms with Crippen LogP contribution in [0.2, 0.25) is 0 Å². The zero-order valence-corrected chi connectivity index (χ0v) is 12.9. The number of hydrogen-bond acceptors (Lipinski definition) is 4. The summed E-state index contributed by atoms with van der Waals surface area (Å²) < 4.78 is 11.7. The predicted molar refractivity (Wildman–Crippen MR) is 77.5 cm³/mol. The van der Waals surface area contributed by atoms with E-state index in [9.17, 15) is 0 Å². The van der Waals surface area contributed by atoms with Gasteiger partial charge < -0.3 is 14.8 Å². The van der Waals surface area contributed by atoms with Crippen molar-refractivity contribution in [3.63, 3.8) is 0 Å². The Morgan fingerprint density at radius 2 is 2.16 bits per heavy atom. The van der Waals surface area contributed by atoms with Gasteiger partial charge in [0.1, 0.15) is 0 Å². The van der Waals surface area contributed by atoms with E-state index in [0.29, 0.717) is 18.1 Å². The van der Waals surface area contributed by atoms with Crippen molar-refractivity contribution in [3.05, 3.63) is 0 Å². The average Bonchev–Trinajstić information content (AvgIpc) is 2.29. The summed E-state index contributed by atoms with van der Waals surface area (Å²) in [5, 5.41) is 3.62. The number of ether oxygens (including phenoxy) is 2. The quantitative estimate of drug-likeness (QED) is 0.839. The lowest BCUT2D eigenvalue weighted by atomic mass is 9.94. The Balaban J connectivity index is 1.91. The van der Waals surface area contributed by atoms with Gasteiger partial charge in [-0.15, -0.1) is 0 Å². The summed E-state index contributed by atoms with van der Waals surface area (Å²) in [6.07, 6.45) is 1.47. The van der Waals surface area contributed by atoms with Crippen molar-refractivity contribution >= 4 is 0 Å². The lowest BCUT2D eigenvalue weighted by molar-refractivity contribution is -0.134.